The summed E-state index contributed by atoms with van der Waals surface area (Å²) in [6.45, 7) is 0. The molecule has 0 saturated heterocycles. The molecule has 9 heteroatoms. The molecule has 0 aliphatic heterocycles. The van der Waals surface area contributed by atoms with E-state index in [1.54, 1.807) is 18.2 Å². The van der Waals surface area contributed by atoms with Gasteiger partial charge in [0, 0.05) is 34.0 Å². The molecule has 0 saturated carbocycles. The third kappa shape index (κ3) is 5.84. The molecule has 0 unspecified atom stereocenters. The van der Waals surface area contributed by atoms with Gasteiger partial charge in [0.1, 0.15) is 11.1 Å². The fraction of sp³-hybridized carbons (Fsp3) is 0.0385. The summed E-state index contributed by atoms with van der Waals surface area (Å²) in [7, 11) is 0. The SMILES string of the molecule is N#Cc1c(-c2ccc(Cl)cc2)cc(-c2ccccc2)nc1SCC(=O)Nc1cccc([N+](=O)[O-])c1. The lowest BCUT2D eigenvalue weighted by atomic mass is 9.99. The number of carbonyl (C=O) groups excluding carboxylic acids is 1. The first-order valence-corrected chi connectivity index (χ1v) is 11.7. The van der Waals surface area contributed by atoms with E-state index in [4.69, 9.17) is 11.6 Å². The summed E-state index contributed by atoms with van der Waals surface area (Å²) in [5, 5.41) is 24.6. The smallest absolute Gasteiger partial charge is 0.271 e. The minimum absolute atomic E-state index is 0.0390. The standard InChI is InChI=1S/C26H17ClN4O3S/c27-19-11-9-17(10-12-19)22-14-24(18-5-2-1-3-6-18)30-26(23(22)15-28)35-16-25(32)29-20-7-4-8-21(13-20)31(33)34/h1-14H,16H2,(H,29,32). The molecule has 0 atom stereocenters. The molecule has 0 aliphatic carbocycles. The Bertz CT molecular complexity index is 1440. The monoisotopic (exact) mass is 500 g/mol. The van der Waals surface area contributed by atoms with E-state index >= 15 is 0 Å². The largest absolute Gasteiger partial charge is 0.325 e. The molecule has 1 amide bonds. The number of nitro groups is 1. The molecule has 172 valence electrons. The number of rotatable bonds is 7. The maximum absolute atomic E-state index is 12.6. The highest BCUT2D eigenvalue weighted by molar-refractivity contribution is 8.00. The van der Waals surface area contributed by atoms with Gasteiger partial charge in [-0.25, -0.2) is 4.98 Å². The second-order valence-corrected chi connectivity index (χ2v) is 8.76. The molecule has 1 aromatic heterocycles. The summed E-state index contributed by atoms with van der Waals surface area (Å²) in [5.74, 6) is -0.415. The van der Waals surface area contributed by atoms with E-state index < -0.39 is 4.92 Å². The van der Waals surface area contributed by atoms with Crippen molar-refractivity contribution in [2.24, 2.45) is 0 Å². The number of nitrogens with one attached hydrogen (secondary N) is 1. The van der Waals surface area contributed by atoms with E-state index in [2.05, 4.69) is 16.4 Å². The lowest BCUT2D eigenvalue weighted by Crippen LogP contribution is -2.14. The topological polar surface area (TPSA) is 109 Å². The average Bonchev–Trinajstić information content (AvgIpc) is 2.88. The van der Waals surface area contributed by atoms with Crippen LogP contribution < -0.4 is 5.32 Å². The Morgan fingerprint density at radius 2 is 1.77 bits per heavy atom. The van der Waals surface area contributed by atoms with Crippen molar-refractivity contribution in [2.75, 3.05) is 11.1 Å². The molecular formula is C26H17ClN4O3S. The molecule has 0 fully saturated rings. The second kappa shape index (κ2) is 10.8. The number of nitriles is 1. The number of nitro benzene ring substituents is 1. The zero-order valence-corrected chi connectivity index (χ0v) is 19.7. The molecule has 1 N–H and O–H groups in total. The Balaban J connectivity index is 1.65. The van der Waals surface area contributed by atoms with Gasteiger partial charge < -0.3 is 5.32 Å². The van der Waals surface area contributed by atoms with Crippen molar-refractivity contribution in [3.63, 3.8) is 0 Å². The summed E-state index contributed by atoms with van der Waals surface area (Å²) in [5.41, 5.74) is 3.56. The van der Waals surface area contributed by atoms with Crippen molar-refractivity contribution < 1.29 is 9.72 Å². The molecule has 0 bridgehead atoms. The lowest BCUT2D eigenvalue weighted by molar-refractivity contribution is -0.384. The average molecular weight is 501 g/mol. The molecule has 35 heavy (non-hydrogen) atoms. The summed E-state index contributed by atoms with van der Waals surface area (Å²) >= 11 is 7.17. The minimum Gasteiger partial charge on any atom is -0.325 e. The van der Waals surface area contributed by atoms with Gasteiger partial charge in [-0.15, -0.1) is 0 Å². The van der Waals surface area contributed by atoms with Crippen molar-refractivity contribution >= 4 is 40.6 Å². The summed E-state index contributed by atoms with van der Waals surface area (Å²) < 4.78 is 0. The van der Waals surface area contributed by atoms with E-state index in [0.717, 1.165) is 22.9 Å². The highest BCUT2D eigenvalue weighted by Gasteiger charge is 2.17. The van der Waals surface area contributed by atoms with Crippen LogP contribution in [0.25, 0.3) is 22.4 Å². The molecular weight excluding hydrogens is 484 g/mol. The summed E-state index contributed by atoms with van der Waals surface area (Å²) in [6.07, 6.45) is 0. The Kier molecular flexibility index (Phi) is 7.41. The zero-order chi connectivity index (χ0) is 24.8. The van der Waals surface area contributed by atoms with E-state index in [0.29, 0.717) is 32.6 Å². The van der Waals surface area contributed by atoms with E-state index in [1.165, 1.54) is 18.2 Å². The van der Waals surface area contributed by atoms with Crippen LogP contribution in [0.1, 0.15) is 5.56 Å². The van der Waals surface area contributed by atoms with Crippen LogP contribution in [0.15, 0.2) is 90.0 Å². The van der Waals surface area contributed by atoms with Crippen LogP contribution in [0, 0.1) is 21.4 Å². The second-order valence-electron chi connectivity index (χ2n) is 7.36. The fourth-order valence-corrected chi connectivity index (χ4v) is 4.31. The number of halogens is 1. The first-order chi connectivity index (χ1) is 16.9. The predicted octanol–water partition coefficient (Wildman–Crippen LogP) is 6.58. The van der Waals surface area contributed by atoms with Crippen LogP contribution >= 0.6 is 23.4 Å². The van der Waals surface area contributed by atoms with Gasteiger partial charge >= 0.3 is 0 Å². The third-order valence-corrected chi connectivity index (χ3v) is 6.23. The molecule has 0 spiro atoms. The molecule has 0 aliphatic rings. The first-order valence-electron chi connectivity index (χ1n) is 10.4. The van der Waals surface area contributed by atoms with Crippen LogP contribution in [-0.4, -0.2) is 21.6 Å². The van der Waals surface area contributed by atoms with E-state index in [-0.39, 0.29) is 17.3 Å². The normalized spacial score (nSPS) is 10.4. The van der Waals surface area contributed by atoms with Gasteiger partial charge in [-0.3, -0.25) is 14.9 Å². The number of hydrogen-bond acceptors (Lipinski definition) is 6. The van der Waals surface area contributed by atoms with Crippen molar-refractivity contribution in [1.82, 2.24) is 4.98 Å². The zero-order valence-electron chi connectivity index (χ0n) is 18.1. The van der Waals surface area contributed by atoms with E-state index in [1.807, 2.05) is 48.5 Å². The molecule has 0 radical (unpaired) electrons. The Morgan fingerprint density at radius 1 is 1.03 bits per heavy atom. The van der Waals surface area contributed by atoms with Crippen molar-refractivity contribution in [3.8, 4) is 28.5 Å². The highest BCUT2D eigenvalue weighted by Crippen LogP contribution is 2.34. The molecule has 4 rings (SSSR count). The fourth-order valence-electron chi connectivity index (χ4n) is 3.38. The Labute approximate surface area is 210 Å². The van der Waals surface area contributed by atoms with Crippen molar-refractivity contribution in [2.45, 2.75) is 5.03 Å². The predicted molar refractivity (Wildman–Crippen MR) is 137 cm³/mol. The maximum Gasteiger partial charge on any atom is 0.271 e. The van der Waals surface area contributed by atoms with Crippen molar-refractivity contribution in [1.29, 1.82) is 5.26 Å². The lowest BCUT2D eigenvalue weighted by Gasteiger charge is -2.13. The number of anilines is 1. The molecule has 3 aromatic carbocycles. The number of carbonyl (C=O) groups is 1. The number of non-ortho nitro benzene ring substituents is 1. The van der Waals surface area contributed by atoms with E-state index in [9.17, 15) is 20.2 Å². The number of aromatic nitrogens is 1. The minimum atomic E-state index is -0.527. The van der Waals surface area contributed by atoms with Crippen LogP contribution in [0.2, 0.25) is 5.02 Å². The quantitative estimate of drug-likeness (QED) is 0.174. The van der Waals surface area contributed by atoms with Crippen LogP contribution in [0.3, 0.4) is 0 Å². The summed E-state index contributed by atoms with van der Waals surface area (Å²) in [6, 6.07) is 26.5. The number of thioether (sulfide) groups is 1. The molecule has 1 heterocycles. The Hall–Kier alpha value is -4.19. The molecule has 7 nitrogen and oxygen atoms in total. The number of pyridine rings is 1. The van der Waals surface area contributed by atoms with Crippen LogP contribution in [-0.2, 0) is 4.79 Å². The highest BCUT2D eigenvalue weighted by atomic mass is 35.5. The third-order valence-electron chi connectivity index (χ3n) is 5.00. The van der Waals surface area contributed by atoms with Crippen LogP contribution in [0.5, 0.6) is 0 Å². The van der Waals surface area contributed by atoms with Gasteiger partial charge in [0.15, 0.2) is 0 Å². The van der Waals surface area contributed by atoms with Crippen LogP contribution in [0.4, 0.5) is 11.4 Å². The maximum atomic E-state index is 12.6. The van der Waals surface area contributed by atoms with Gasteiger partial charge in [0.2, 0.25) is 5.91 Å². The number of benzene rings is 3. The van der Waals surface area contributed by atoms with Crippen molar-refractivity contribution in [3.05, 3.63) is 106 Å². The summed E-state index contributed by atoms with van der Waals surface area (Å²) in [4.78, 5) is 27.7. The van der Waals surface area contributed by atoms with Gasteiger partial charge in [0.25, 0.3) is 5.69 Å². The van der Waals surface area contributed by atoms with Gasteiger partial charge in [-0.05, 0) is 29.8 Å². The van der Waals surface area contributed by atoms with Gasteiger partial charge in [-0.2, -0.15) is 5.26 Å². The van der Waals surface area contributed by atoms with Gasteiger partial charge in [-0.1, -0.05) is 71.9 Å². The Morgan fingerprint density at radius 3 is 2.46 bits per heavy atom. The number of amides is 1. The number of hydrogen-bond donors (Lipinski definition) is 1. The number of nitrogens with zero attached hydrogens (tertiary/aromatic N) is 3. The first kappa shape index (κ1) is 24.0. The van der Waals surface area contributed by atoms with Gasteiger partial charge in [0.05, 0.1) is 21.9 Å². The molecule has 4 aromatic rings.